The molecule has 0 radical (unpaired) electrons. The third kappa shape index (κ3) is 3.33. The van der Waals surface area contributed by atoms with E-state index in [2.05, 4.69) is 68.1 Å². The first-order chi connectivity index (χ1) is 9.52. The van der Waals surface area contributed by atoms with E-state index in [1.807, 2.05) is 0 Å². The van der Waals surface area contributed by atoms with Gasteiger partial charge in [0.2, 0.25) is 0 Å². The Balaban J connectivity index is 2.12. The Labute approximate surface area is 124 Å². The Kier molecular flexibility index (Phi) is 5.06. The molecule has 0 aromatic heterocycles. The first kappa shape index (κ1) is 15.3. The summed E-state index contributed by atoms with van der Waals surface area (Å²) in [6.07, 6.45) is 0. The van der Waals surface area contributed by atoms with E-state index in [1.165, 1.54) is 16.8 Å². The van der Waals surface area contributed by atoms with E-state index in [0.29, 0.717) is 12.1 Å². The molecule has 0 amide bonds. The second-order valence-corrected chi connectivity index (χ2v) is 6.17. The maximum Gasteiger partial charge on any atom is 0.0397 e. The van der Waals surface area contributed by atoms with Crippen LogP contribution >= 0.6 is 0 Å². The van der Waals surface area contributed by atoms with Crippen LogP contribution in [-0.2, 0) is 6.54 Å². The number of nitrogens with zero attached hydrogens (tertiary/aromatic N) is 2. The van der Waals surface area contributed by atoms with Crippen molar-refractivity contribution in [2.24, 2.45) is 0 Å². The monoisotopic (exact) mass is 275 g/mol. The molecule has 1 N–H and O–H groups in total. The Hall–Kier alpha value is -1.06. The van der Waals surface area contributed by atoms with Crippen LogP contribution in [-0.4, -0.2) is 43.7 Å². The summed E-state index contributed by atoms with van der Waals surface area (Å²) < 4.78 is 0. The molecule has 112 valence electrons. The molecule has 2 unspecified atom stereocenters. The lowest BCUT2D eigenvalue weighted by Gasteiger charge is -2.44. The van der Waals surface area contributed by atoms with Gasteiger partial charge in [0.15, 0.2) is 0 Å². The summed E-state index contributed by atoms with van der Waals surface area (Å²) in [4.78, 5) is 5.02. The van der Waals surface area contributed by atoms with Crippen LogP contribution in [0.1, 0.15) is 31.9 Å². The van der Waals surface area contributed by atoms with E-state index in [9.17, 15) is 0 Å². The van der Waals surface area contributed by atoms with Gasteiger partial charge in [-0.25, -0.2) is 0 Å². The number of hydrogen-bond acceptors (Lipinski definition) is 3. The van der Waals surface area contributed by atoms with Crippen molar-refractivity contribution in [3.8, 4) is 0 Å². The van der Waals surface area contributed by atoms with E-state index >= 15 is 0 Å². The molecule has 1 aliphatic rings. The fraction of sp³-hybridized carbons (Fsp3) is 0.647. The number of likely N-dealkylation sites (N-methyl/N-ethyl adjacent to an activating group) is 1. The predicted octanol–water partition coefficient (Wildman–Crippen LogP) is 2.63. The quantitative estimate of drug-likeness (QED) is 0.911. The number of nitrogens with one attached hydrogen (secondary N) is 1. The van der Waals surface area contributed by atoms with Gasteiger partial charge < -0.3 is 10.2 Å². The van der Waals surface area contributed by atoms with Crippen molar-refractivity contribution >= 4 is 5.69 Å². The zero-order chi connectivity index (χ0) is 14.7. The molecule has 1 aromatic carbocycles. The Bertz CT molecular complexity index is 432. The molecule has 1 heterocycles. The number of hydrogen-bond donors (Lipinski definition) is 1. The summed E-state index contributed by atoms with van der Waals surface area (Å²) >= 11 is 0. The average Bonchev–Trinajstić information content (AvgIpc) is 2.42. The Morgan fingerprint density at radius 1 is 1.20 bits per heavy atom. The molecule has 0 spiro atoms. The van der Waals surface area contributed by atoms with Gasteiger partial charge in [-0.1, -0.05) is 19.1 Å². The number of aryl methyl sites for hydroxylation is 1. The van der Waals surface area contributed by atoms with Gasteiger partial charge in [0.05, 0.1) is 0 Å². The normalized spacial score (nSPS) is 24.1. The van der Waals surface area contributed by atoms with E-state index in [1.54, 1.807) is 0 Å². The molecule has 0 saturated carbocycles. The van der Waals surface area contributed by atoms with Crippen LogP contribution in [0.2, 0.25) is 0 Å². The molecular weight excluding hydrogens is 246 g/mol. The lowest BCUT2D eigenvalue weighted by Crippen LogP contribution is -2.55. The maximum absolute atomic E-state index is 3.39. The summed E-state index contributed by atoms with van der Waals surface area (Å²) in [7, 11) is 2.24. The Morgan fingerprint density at radius 3 is 2.40 bits per heavy atom. The third-order valence-electron chi connectivity index (χ3n) is 4.54. The molecule has 1 aromatic rings. The van der Waals surface area contributed by atoms with Gasteiger partial charge in [0, 0.05) is 37.4 Å². The zero-order valence-electron chi connectivity index (χ0n) is 13.6. The van der Waals surface area contributed by atoms with Crippen molar-refractivity contribution in [3.63, 3.8) is 0 Å². The van der Waals surface area contributed by atoms with Crippen LogP contribution in [0.5, 0.6) is 0 Å². The number of anilines is 1. The lowest BCUT2D eigenvalue weighted by molar-refractivity contribution is 0.170. The van der Waals surface area contributed by atoms with Gasteiger partial charge in [-0.15, -0.1) is 0 Å². The molecule has 3 heteroatoms. The first-order valence-corrected chi connectivity index (χ1v) is 7.80. The Morgan fingerprint density at radius 2 is 1.85 bits per heavy atom. The molecule has 1 saturated heterocycles. The van der Waals surface area contributed by atoms with Crippen molar-refractivity contribution in [3.05, 3.63) is 29.3 Å². The van der Waals surface area contributed by atoms with Crippen molar-refractivity contribution in [2.45, 2.75) is 46.3 Å². The summed E-state index contributed by atoms with van der Waals surface area (Å²) in [6.45, 7) is 13.2. The molecule has 1 aliphatic heterocycles. The highest BCUT2D eigenvalue weighted by Gasteiger charge is 2.27. The van der Waals surface area contributed by atoms with Gasteiger partial charge in [0.1, 0.15) is 0 Å². The lowest BCUT2D eigenvalue weighted by atomic mass is 10.0. The number of piperazine rings is 1. The van der Waals surface area contributed by atoms with Crippen molar-refractivity contribution < 1.29 is 0 Å². The summed E-state index contributed by atoms with van der Waals surface area (Å²) in [6, 6.07) is 8.11. The van der Waals surface area contributed by atoms with Crippen molar-refractivity contribution in [2.75, 3.05) is 31.6 Å². The van der Waals surface area contributed by atoms with E-state index in [-0.39, 0.29) is 0 Å². The number of benzene rings is 1. The van der Waals surface area contributed by atoms with E-state index in [0.717, 1.165) is 26.2 Å². The third-order valence-corrected chi connectivity index (χ3v) is 4.54. The SMILES string of the molecule is CCNCc1ccc(N2CC(C)N(C)C(C)C2)c(C)c1. The first-order valence-electron chi connectivity index (χ1n) is 7.80. The van der Waals surface area contributed by atoms with Gasteiger partial charge in [-0.3, -0.25) is 4.90 Å². The topological polar surface area (TPSA) is 18.5 Å². The molecule has 2 atom stereocenters. The minimum Gasteiger partial charge on any atom is -0.368 e. The van der Waals surface area contributed by atoms with Crippen LogP contribution in [0.25, 0.3) is 0 Å². The van der Waals surface area contributed by atoms with Crippen LogP contribution in [0.15, 0.2) is 18.2 Å². The average molecular weight is 275 g/mol. The van der Waals surface area contributed by atoms with Gasteiger partial charge in [-0.05, 0) is 51.6 Å². The smallest absolute Gasteiger partial charge is 0.0397 e. The predicted molar refractivity (Wildman–Crippen MR) is 87.5 cm³/mol. The highest BCUT2D eigenvalue weighted by Crippen LogP contribution is 2.25. The molecule has 3 nitrogen and oxygen atoms in total. The fourth-order valence-corrected chi connectivity index (χ4v) is 3.05. The molecule has 0 aliphatic carbocycles. The minimum atomic E-state index is 0.611. The summed E-state index contributed by atoms with van der Waals surface area (Å²) in [5.41, 5.74) is 4.17. The fourth-order valence-electron chi connectivity index (χ4n) is 3.05. The second kappa shape index (κ2) is 6.59. The molecular formula is C17H29N3. The second-order valence-electron chi connectivity index (χ2n) is 6.17. The van der Waals surface area contributed by atoms with Gasteiger partial charge >= 0.3 is 0 Å². The van der Waals surface area contributed by atoms with Crippen molar-refractivity contribution in [1.82, 2.24) is 10.2 Å². The van der Waals surface area contributed by atoms with E-state index < -0.39 is 0 Å². The largest absolute Gasteiger partial charge is 0.368 e. The zero-order valence-corrected chi connectivity index (χ0v) is 13.6. The van der Waals surface area contributed by atoms with Crippen LogP contribution in [0.4, 0.5) is 5.69 Å². The maximum atomic E-state index is 3.39. The van der Waals surface area contributed by atoms with Gasteiger partial charge in [0.25, 0.3) is 0 Å². The minimum absolute atomic E-state index is 0.611. The molecule has 2 rings (SSSR count). The highest BCUT2D eigenvalue weighted by atomic mass is 15.3. The standard InChI is InChI=1S/C17H29N3/c1-6-18-10-16-7-8-17(13(2)9-16)20-11-14(3)19(5)15(4)12-20/h7-9,14-15,18H,6,10-12H2,1-5H3. The van der Waals surface area contributed by atoms with Crippen molar-refractivity contribution in [1.29, 1.82) is 0 Å². The number of rotatable bonds is 4. The summed E-state index contributed by atoms with van der Waals surface area (Å²) in [5.74, 6) is 0. The molecule has 20 heavy (non-hydrogen) atoms. The molecule has 1 fully saturated rings. The van der Waals surface area contributed by atoms with Crippen LogP contribution in [0.3, 0.4) is 0 Å². The highest BCUT2D eigenvalue weighted by molar-refractivity contribution is 5.55. The van der Waals surface area contributed by atoms with E-state index in [4.69, 9.17) is 0 Å². The van der Waals surface area contributed by atoms with Gasteiger partial charge in [-0.2, -0.15) is 0 Å². The van der Waals surface area contributed by atoms with Crippen LogP contribution < -0.4 is 10.2 Å². The molecule has 0 bridgehead atoms. The summed E-state index contributed by atoms with van der Waals surface area (Å²) in [5, 5.41) is 3.39. The van der Waals surface area contributed by atoms with Crippen LogP contribution in [0, 0.1) is 6.92 Å².